The van der Waals surface area contributed by atoms with Crippen molar-refractivity contribution in [3.05, 3.63) is 11.9 Å². The summed E-state index contributed by atoms with van der Waals surface area (Å²) in [6, 6.07) is 0. The predicted octanol–water partition coefficient (Wildman–Crippen LogP) is 3.55. The van der Waals surface area contributed by atoms with Crippen molar-refractivity contribution in [2.24, 2.45) is 17.8 Å². The smallest absolute Gasteiger partial charge is 0.203 e. The lowest BCUT2D eigenvalue weighted by Crippen LogP contribution is -2.17. The molecule has 1 unspecified atom stereocenters. The minimum Gasteiger partial charge on any atom is -0.355 e. The van der Waals surface area contributed by atoms with Crippen LogP contribution in [0.15, 0.2) is 6.20 Å². The molecule has 3 heteroatoms. The Morgan fingerprint density at radius 1 is 1.24 bits per heavy atom. The molecule has 0 aliphatic rings. The van der Waals surface area contributed by atoms with E-state index < -0.39 is 0 Å². The van der Waals surface area contributed by atoms with E-state index in [4.69, 9.17) is 0 Å². The molecule has 0 bridgehead atoms. The number of nitrogens with one attached hydrogen (secondary N) is 1. The Labute approximate surface area is 106 Å². The summed E-state index contributed by atoms with van der Waals surface area (Å²) in [5.41, 5.74) is 1.09. The van der Waals surface area contributed by atoms with E-state index in [1.165, 1.54) is 0 Å². The van der Waals surface area contributed by atoms with Crippen molar-refractivity contribution >= 4 is 5.95 Å². The molecule has 3 nitrogen and oxygen atoms in total. The zero-order valence-corrected chi connectivity index (χ0v) is 12.1. The molecule has 0 aliphatic carbocycles. The Bertz CT molecular complexity index is 339. The van der Waals surface area contributed by atoms with Crippen molar-refractivity contribution in [2.75, 3.05) is 11.9 Å². The van der Waals surface area contributed by atoms with Crippen LogP contribution in [0.1, 0.15) is 40.3 Å². The largest absolute Gasteiger partial charge is 0.355 e. The minimum atomic E-state index is 0.642. The second-order valence-electron chi connectivity index (χ2n) is 5.85. The first kappa shape index (κ1) is 14.1. The van der Waals surface area contributed by atoms with Gasteiger partial charge in [0.15, 0.2) is 0 Å². The van der Waals surface area contributed by atoms with Crippen LogP contribution in [0, 0.1) is 24.7 Å². The van der Waals surface area contributed by atoms with Gasteiger partial charge in [0.2, 0.25) is 5.95 Å². The van der Waals surface area contributed by atoms with E-state index in [2.05, 4.69) is 62.6 Å². The third kappa shape index (κ3) is 4.41. The fourth-order valence-corrected chi connectivity index (χ4v) is 1.64. The van der Waals surface area contributed by atoms with Gasteiger partial charge < -0.3 is 9.88 Å². The zero-order chi connectivity index (χ0) is 13.0. The summed E-state index contributed by atoms with van der Waals surface area (Å²) in [5, 5.41) is 3.43. The van der Waals surface area contributed by atoms with Crippen molar-refractivity contribution in [3.63, 3.8) is 0 Å². The molecule has 0 aliphatic heterocycles. The van der Waals surface area contributed by atoms with Crippen LogP contribution in [0.5, 0.6) is 0 Å². The summed E-state index contributed by atoms with van der Waals surface area (Å²) in [6.07, 6.45) is 2.14. The summed E-state index contributed by atoms with van der Waals surface area (Å²) in [5.74, 6) is 3.03. The molecule has 0 radical (unpaired) electrons. The molecule has 1 rings (SSSR count). The molecule has 1 aromatic heterocycles. The number of imidazole rings is 1. The average Bonchev–Trinajstić information content (AvgIpc) is 2.55. The van der Waals surface area contributed by atoms with Crippen molar-refractivity contribution in [3.8, 4) is 0 Å². The summed E-state index contributed by atoms with van der Waals surface area (Å²) in [7, 11) is 0. The topological polar surface area (TPSA) is 29.9 Å². The number of rotatable bonds is 6. The molecule has 1 heterocycles. The van der Waals surface area contributed by atoms with E-state index in [1.54, 1.807) is 0 Å². The zero-order valence-electron chi connectivity index (χ0n) is 12.1. The van der Waals surface area contributed by atoms with Crippen LogP contribution < -0.4 is 5.32 Å². The number of hydrogen-bond acceptors (Lipinski definition) is 2. The molecule has 1 N–H and O–H groups in total. The highest BCUT2D eigenvalue weighted by Crippen LogP contribution is 2.17. The summed E-state index contributed by atoms with van der Waals surface area (Å²) >= 11 is 0. The van der Waals surface area contributed by atoms with Crippen LogP contribution in [0.25, 0.3) is 0 Å². The standard InChI is InChI=1S/C14H27N3/c1-10(2)7-15-14-16-13(6)9-17(14)8-12(5)11(3)4/h9-12H,7-8H2,1-6H3,(H,15,16). The molecule has 0 saturated carbocycles. The van der Waals surface area contributed by atoms with E-state index in [9.17, 15) is 0 Å². The maximum Gasteiger partial charge on any atom is 0.203 e. The second kappa shape index (κ2) is 6.08. The lowest BCUT2D eigenvalue weighted by Gasteiger charge is -2.18. The van der Waals surface area contributed by atoms with Crippen molar-refractivity contribution in [1.29, 1.82) is 0 Å². The maximum atomic E-state index is 4.55. The van der Waals surface area contributed by atoms with Crippen LogP contribution in [-0.2, 0) is 6.54 Å². The molecule has 0 amide bonds. The van der Waals surface area contributed by atoms with Gasteiger partial charge in [-0.2, -0.15) is 0 Å². The number of nitrogens with zero attached hydrogens (tertiary/aromatic N) is 2. The Morgan fingerprint density at radius 3 is 2.41 bits per heavy atom. The van der Waals surface area contributed by atoms with Gasteiger partial charge in [0.05, 0.1) is 5.69 Å². The molecule has 0 saturated heterocycles. The lowest BCUT2D eigenvalue weighted by molar-refractivity contribution is 0.366. The third-order valence-electron chi connectivity index (χ3n) is 3.19. The predicted molar refractivity (Wildman–Crippen MR) is 74.3 cm³/mol. The summed E-state index contributed by atoms with van der Waals surface area (Å²) in [6.45, 7) is 15.3. The molecular formula is C14H27N3. The Morgan fingerprint density at radius 2 is 1.88 bits per heavy atom. The number of hydrogen-bond donors (Lipinski definition) is 1. The van der Waals surface area contributed by atoms with Gasteiger partial charge in [0.1, 0.15) is 0 Å². The van der Waals surface area contributed by atoms with Crippen LogP contribution in [0.3, 0.4) is 0 Å². The van der Waals surface area contributed by atoms with Gasteiger partial charge in [-0.25, -0.2) is 4.98 Å². The second-order valence-corrected chi connectivity index (χ2v) is 5.85. The Hall–Kier alpha value is -0.990. The maximum absolute atomic E-state index is 4.55. The van der Waals surface area contributed by atoms with Crippen molar-refractivity contribution in [2.45, 2.75) is 48.1 Å². The van der Waals surface area contributed by atoms with Crippen LogP contribution in [0.4, 0.5) is 5.95 Å². The van der Waals surface area contributed by atoms with E-state index in [0.717, 1.165) is 24.7 Å². The number of aromatic nitrogens is 2. The molecule has 17 heavy (non-hydrogen) atoms. The SMILES string of the molecule is Cc1cn(CC(C)C(C)C)c(NCC(C)C)n1. The van der Waals surface area contributed by atoms with Gasteiger partial charge in [0, 0.05) is 19.3 Å². The molecular weight excluding hydrogens is 210 g/mol. The van der Waals surface area contributed by atoms with E-state index >= 15 is 0 Å². The van der Waals surface area contributed by atoms with Gasteiger partial charge in [-0.1, -0.05) is 34.6 Å². The van der Waals surface area contributed by atoms with E-state index in [1.807, 2.05) is 0 Å². The van der Waals surface area contributed by atoms with Gasteiger partial charge in [-0.15, -0.1) is 0 Å². The monoisotopic (exact) mass is 237 g/mol. The normalized spacial score (nSPS) is 13.4. The lowest BCUT2D eigenvalue weighted by atomic mass is 9.98. The fourth-order valence-electron chi connectivity index (χ4n) is 1.64. The van der Waals surface area contributed by atoms with Gasteiger partial charge in [-0.05, 0) is 24.7 Å². The Kier molecular flexibility index (Phi) is 5.03. The van der Waals surface area contributed by atoms with Gasteiger partial charge in [-0.3, -0.25) is 0 Å². The van der Waals surface area contributed by atoms with Gasteiger partial charge >= 0.3 is 0 Å². The molecule has 0 aromatic carbocycles. The van der Waals surface area contributed by atoms with Crippen LogP contribution in [0.2, 0.25) is 0 Å². The van der Waals surface area contributed by atoms with E-state index in [-0.39, 0.29) is 0 Å². The number of aryl methyl sites for hydroxylation is 1. The van der Waals surface area contributed by atoms with Gasteiger partial charge in [0.25, 0.3) is 0 Å². The average molecular weight is 237 g/mol. The van der Waals surface area contributed by atoms with Crippen LogP contribution >= 0.6 is 0 Å². The first-order valence-corrected chi connectivity index (χ1v) is 6.67. The molecule has 1 atom stereocenters. The first-order chi connectivity index (χ1) is 7.90. The molecule has 98 valence electrons. The molecule has 0 spiro atoms. The summed E-state index contributed by atoms with van der Waals surface area (Å²) < 4.78 is 2.25. The number of anilines is 1. The third-order valence-corrected chi connectivity index (χ3v) is 3.19. The van der Waals surface area contributed by atoms with Crippen LogP contribution in [-0.4, -0.2) is 16.1 Å². The van der Waals surface area contributed by atoms with E-state index in [0.29, 0.717) is 17.8 Å². The Balaban J connectivity index is 2.70. The molecule has 1 aromatic rings. The highest BCUT2D eigenvalue weighted by atomic mass is 15.2. The highest BCUT2D eigenvalue weighted by molar-refractivity contribution is 5.28. The first-order valence-electron chi connectivity index (χ1n) is 6.67. The quantitative estimate of drug-likeness (QED) is 0.820. The van der Waals surface area contributed by atoms with Crippen molar-refractivity contribution < 1.29 is 0 Å². The fraction of sp³-hybridized carbons (Fsp3) is 0.786. The molecule has 0 fully saturated rings. The minimum absolute atomic E-state index is 0.642. The van der Waals surface area contributed by atoms with Crippen molar-refractivity contribution in [1.82, 2.24) is 9.55 Å². The summed E-state index contributed by atoms with van der Waals surface area (Å²) in [4.78, 5) is 4.55. The highest BCUT2D eigenvalue weighted by Gasteiger charge is 2.12.